The molecule has 0 spiro atoms. The topological polar surface area (TPSA) is 114 Å². The van der Waals surface area contributed by atoms with Gasteiger partial charge in [-0.2, -0.15) is 5.10 Å². The molecule has 1 aliphatic heterocycles. The van der Waals surface area contributed by atoms with Gasteiger partial charge in [0.25, 0.3) is 0 Å². The minimum Gasteiger partial charge on any atom is -0.478 e. The van der Waals surface area contributed by atoms with Crippen molar-refractivity contribution in [1.82, 2.24) is 10.2 Å². The summed E-state index contributed by atoms with van der Waals surface area (Å²) in [6.45, 7) is 2.64. The summed E-state index contributed by atoms with van der Waals surface area (Å²) in [5, 5.41) is 30.8. The lowest BCUT2D eigenvalue weighted by Gasteiger charge is -2.21. The summed E-state index contributed by atoms with van der Waals surface area (Å²) in [4.78, 5) is 11.8. The maximum Gasteiger partial charge on any atom is 0.339 e. The highest BCUT2D eigenvalue weighted by Gasteiger charge is 2.28. The smallest absolute Gasteiger partial charge is 0.339 e. The van der Waals surface area contributed by atoms with Crippen molar-refractivity contribution in [2.45, 2.75) is 38.4 Å². The molecule has 2 aromatic rings. The largest absolute Gasteiger partial charge is 0.478 e. The van der Waals surface area contributed by atoms with E-state index in [1.165, 1.54) is 6.92 Å². The van der Waals surface area contributed by atoms with Crippen molar-refractivity contribution in [1.29, 1.82) is 0 Å². The standard InChI is InChI=1S/C21H23N3O5/c1-12(25)29-19-15(13-7-9-28-10-8-13)3-2-4-17(19)22-20-16(21(26)27)11-18(23-24-20)14-5-6-14/h2-4,7,11-12,14,25H,5-6,8-10H2,1H3,(H,22,24)(H,26,27)/t12-/m0/s1. The highest BCUT2D eigenvalue weighted by molar-refractivity contribution is 5.94. The fourth-order valence-corrected chi connectivity index (χ4v) is 3.33. The number of para-hydroxylation sites is 1. The second-order valence-corrected chi connectivity index (χ2v) is 7.19. The summed E-state index contributed by atoms with van der Waals surface area (Å²) in [6.07, 6.45) is 3.67. The van der Waals surface area contributed by atoms with Crippen LogP contribution in [-0.4, -0.2) is 45.9 Å². The number of nitrogens with zero attached hydrogens (tertiary/aromatic N) is 2. The van der Waals surface area contributed by atoms with Crippen molar-refractivity contribution < 1.29 is 24.5 Å². The molecule has 1 atom stereocenters. The van der Waals surface area contributed by atoms with Gasteiger partial charge in [-0.1, -0.05) is 18.2 Å². The molecule has 0 radical (unpaired) electrons. The first-order valence-electron chi connectivity index (χ1n) is 9.65. The molecule has 29 heavy (non-hydrogen) atoms. The molecule has 0 unspecified atom stereocenters. The third-order valence-corrected chi connectivity index (χ3v) is 4.90. The minimum absolute atomic E-state index is 0.0561. The van der Waals surface area contributed by atoms with E-state index in [1.807, 2.05) is 18.2 Å². The molecular formula is C21H23N3O5. The van der Waals surface area contributed by atoms with E-state index in [0.717, 1.165) is 30.4 Å². The molecule has 0 saturated heterocycles. The number of hydrogen-bond acceptors (Lipinski definition) is 7. The van der Waals surface area contributed by atoms with Crippen LogP contribution in [0.3, 0.4) is 0 Å². The predicted octanol–water partition coefficient (Wildman–Crippen LogP) is 3.32. The van der Waals surface area contributed by atoms with Gasteiger partial charge in [-0.15, -0.1) is 5.10 Å². The van der Waals surface area contributed by atoms with Crippen LogP contribution in [0.5, 0.6) is 5.75 Å². The number of nitrogens with one attached hydrogen (secondary N) is 1. The molecule has 1 saturated carbocycles. The van der Waals surface area contributed by atoms with E-state index in [9.17, 15) is 15.0 Å². The van der Waals surface area contributed by atoms with Crippen LogP contribution in [-0.2, 0) is 4.74 Å². The molecule has 8 heteroatoms. The van der Waals surface area contributed by atoms with Crippen molar-refractivity contribution in [2.75, 3.05) is 18.5 Å². The lowest BCUT2D eigenvalue weighted by Crippen LogP contribution is -2.14. The zero-order valence-electron chi connectivity index (χ0n) is 16.1. The number of aliphatic hydroxyl groups is 1. The lowest BCUT2D eigenvalue weighted by atomic mass is 9.99. The van der Waals surface area contributed by atoms with Crippen LogP contribution in [0, 0.1) is 0 Å². The Bertz CT molecular complexity index is 953. The Morgan fingerprint density at radius 3 is 2.83 bits per heavy atom. The molecule has 1 aliphatic carbocycles. The van der Waals surface area contributed by atoms with Crippen molar-refractivity contribution >= 4 is 23.0 Å². The van der Waals surface area contributed by atoms with Gasteiger partial charge in [-0.25, -0.2) is 4.79 Å². The Hall–Kier alpha value is -2.97. The van der Waals surface area contributed by atoms with Gasteiger partial charge in [-0.3, -0.25) is 0 Å². The van der Waals surface area contributed by atoms with Gasteiger partial charge in [-0.05, 0) is 43.9 Å². The Labute approximate surface area is 168 Å². The van der Waals surface area contributed by atoms with E-state index in [4.69, 9.17) is 9.47 Å². The Kier molecular flexibility index (Phi) is 5.46. The normalized spacial score (nSPS) is 17.4. The summed E-state index contributed by atoms with van der Waals surface area (Å²) >= 11 is 0. The number of carboxylic acids is 1. The van der Waals surface area contributed by atoms with Crippen LogP contribution < -0.4 is 10.1 Å². The van der Waals surface area contributed by atoms with Crippen LogP contribution in [0.15, 0.2) is 30.3 Å². The number of aromatic carboxylic acids is 1. The molecule has 0 bridgehead atoms. The molecule has 152 valence electrons. The molecule has 2 heterocycles. The van der Waals surface area contributed by atoms with Crippen LogP contribution in [0.4, 0.5) is 11.5 Å². The average Bonchev–Trinajstić information content (AvgIpc) is 3.55. The molecule has 4 rings (SSSR count). The quantitative estimate of drug-likeness (QED) is 0.610. The third kappa shape index (κ3) is 4.38. The van der Waals surface area contributed by atoms with E-state index in [1.54, 1.807) is 12.1 Å². The van der Waals surface area contributed by atoms with Gasteiger partial charge < -0.3 is 25.0 Å². The zero-order valence-corrected chi connectivity index (χ0v) is 16.1. The summed E-state index contributed by atoms with van der Waals surface area (Å²) in [5.74, 6) is -0.214. The van der Waals surface area contributed by atoms with Crippen LogP contribution in [0.2, 0.25) is 0 Å². The van der Waals surface area contributed by atoms with Crippen LogP contribution >= 0.6 is 0 Å². The second kappa shape index (κ2) is 8.18. The molecular weight excluding hydrogens is 374 g/mol. The van der Waals surface area contributed by atoms with Crippen LogP contribution in [0.25, 0.3) is 5.57 Å². The van der Waals surface area contributed by atoms with Gasteiger partial charge in [0, 0.05) is 11.5 Å². The number of aliphatic hydroxyl groups excluding tert-OH is 1. The number of benzene rings is 1. The molecule has 1 fully saturated rings. The number of carbonyl (C=O) groups is 1. The molecule has 8 nitrogen and oxygen atoms in total. The lowest BCUT2D eigenvalue weighted by molar-refractivity contribution is -0.00000550. The highest BCUT2D eigenvalue weighted by atomic mass is 16.6. The van der Waals surface area contributed by atoms with E-state index in [-0.39, 0.29) is 11.4 Å². The van der Waals surface area contributed by atoms with Gasteiger partial charge in [0.1, 0.15) is 5.56 Å². The number of anilines is 2. The van der Waals surface area contributed by atoms with Crippen molar-refractivity contribution in [2.24, 2.45) is 0 Å². The molecule has 1 aromatic carbocycles. The summed E-state index contributed by atoms with van der Waals surface area (Å²) in [6, 6.07) is 7.08. The first-order chi connectivity index (χ1) is 14.0. The van der Waals surface area contributed by atoms with E-state index in [0.29, 0.717) is 36.3 Å². The van der Waals surface area contributed by atoms with E-state index < -0.39 is 12.3 Å². The third-order valence-electron chi connectivity index (χ3n) is 4.90. The minimum atomic E-state index is -1.08. The van der Waals surface area contributed by atoms with Gasteiger partial charge in [0.15, 0.2) is 17.9 Å². The van der Waals surface area contributed by atoms with Gasteiger partial charge >= 0.3 is 5.97 Å². The summed E-state index contributed by atoms with van der Waals surface area (Å²) < 4.78 is 11.1. The Morgan fingerprint density at radius 2 is 2.17 bits per heavy atom. The van der Waals surface area contributed by atoms with Gasteiger partial charge in [0.2, 0.25) is 0 Å². The predicted molar refractivity (Wildman–Crippen MR) is 106 cm³/mol. The van der Waals surface area contributed by atoms with Crippen molar-refractivity contribution in [3.05, 3.63) is 47.2 Å². The molecule has 1 aromatic heterocycles. The van der Waals surface area contributed by atoms with Crippen molar-refractivity contribution in [3.8, 4) is 5.75 Å². The van der Waals surface area contributed by atoms with E-state index >= 15 is 0 Å². The monoisotopic (exact) mass is 397 g/mol. The molecule has 0 amide bonds. The fourth-order valence-electron chi connectivity index (χ4n) is 3.33. The fraction of sp³-hybridized carbons (Fsp3) is 0.381. The number of carboxylic acid groups (broad SMARTS) is 1. The average molecular weight is 397 g/mol. The zero-order chi connectivity index (χ0) is 20.4. The van der Waals surface area contributed by atoms with Gasteiger partial charge in [0.05, 0.1) is 24.6 Å². The molecule has 3 N–H and O–H groups in total. The van der Waals surface area contributed by atoms with E-state index in [2.05, 4.69) is 15.5 Å². The maximum absolute atomic E-state index is 11.8. The number of ether oxygens (including phenoxy) is 2. The second-order valence-electron chi connectivity index (χ2n) is 7.19. The SMILES string of the molecule is C[C@@H](O)Oc1c(Nc2nnc(C3CC3)cc2C(=O)O)cccc1C1=CCOCC1. The summed E-state index contributed by atoms with van der Waals surface area (Å²) in [5.41, 5.74) is 3.13. The van der Waals surface area contributed by atoms with Crippen LogP contribution in [0.1, 0.15) is 53.7 Å². The number of rotatable bonds is 7. The first kappa shape index (κ1) is 19.4. The molecule has 2 aliphatic rings. The Morgan fingerprint density at radius 1 is 1.34 bits per heavy atom. The first-order valence-corrected chi connectivity index (χ1v) is 9.65. The Balaban J connectivity index is 1.73. The highest BCUT2D eigenvalue weighted by Crippen LogP contribution is 2.41. The number of hydrogen-bond donors (Lipinski definition) is 3. The summed E-state index contributed by atoms with van der Waals surface area (Å²) in [7, 11) is 0. The van der Waals surface area contributed by atoms with Crippen molar-refractivity contribution in [3.63, 3.8) is 0 Å². The number of aromatic nitrogens is 2. The maximum atomic E-state index is 11.8.